The van der Waals surface area contributed by atoms with E-state index in [1.807, 2.05) is 23.6 Å². The van der Waals surface area contributed by atoms with E-state index < -0.39 is 0 Å². The number of likely N-dealkylation sites (tertiary alicyclic amines) is 1. The average molecular weight is 363 g/mol. The quantitative estimate of drug-likeness (QED) is 0.844. The summed E-state index contributed by atoms with van der Waals surface area (Å²) in [5.74, 6) is 1.08. The molecule has 0 radical (unpaired) electrons. The molecule has 1 fully saturated rings. The third kappa shape index (κ3) is 4.59. The zero-order valence-corrected chi connectivity index (χ0v) is 16.1. The number of urea groups is 1. The van der Waals surface area contributed by atoms with Crippen LogP contribution >= 0.6 is 0 Å². The van der Waals surface area contributed by atoms with Crippen LogP contribution in [0.25, 0.3) is 0 Å². The number of benzene rings is 1. The Morgan fingerprint density at radius 1 is 1.12 bits per heavy atom. The van der Waals surface area contributed by atoms with Gasteiger partial charge in [-0.15, -0.1) is 0 Å². The molecule has 0 aromatic heterocycles. The molecule has 0 unspecified atom stereocenters. The summed E-state index contributed by atoms with van der Waals surface area (Å²) in [6.45, 7) is 6.58. The molecule has 7 nitrogen and oxygen atoms in total. The maximum Gasteiger partial charge on any atom is 0.319 e. The molecular weight excluding hydrogens is 334 g/mol. The molecule has 7 heteroatoms. The van der Waals surface area contributed by atoms with Crippen LogP contribution in [-0.4, -0.2) is 62.1 Å². The second-order valence-electron chi connectivity index (χ2n) is 6.28. The van der Waals surface area contributed by atoms with E-state index in [1.165, 1.54) is 0 Å². The number of hydrogen-bond acceptors (Lipinski definition) is 4. The molecule has 0 saturated carbocycles. The smallest absolute Gasteiger partial charge is 0.319 e. The van der Waals surface area contributed by atoms with Gasteiger partial charge in [0, 0.05) is 43.9 Å². The van der Waals surface area contributed by atoms with Gasteiger partial charge in [0.2, 0.25) is 5.91 Å². The van der Waals surface area contributed by atoms with Gasteiger partial charge in [-0.3, -0.25) is 4.79 Å². The first-order valence-corrected chi connectivity index (χ1v) is 9.10. The monoisotopic (exact) mass is 363 g/mol. The van der Waals surface area contributed by atoms with Crippen molar-refractivity contribution in [3.8, 4) is 11.5 Å². The Labute approximate surface area is 155 Å². The molecule has 0 aliphatic carbocycles. The molecule has 2 rings (SSSR count). The van der Waals surface area contributed by atoms with E-state index >= 15 is 0 Å². The molecule has 26 heavy (non-hydrogen) atoms. The lowest BCUT2D eigenvalue weighted by molar-refractivity contribution is -0.121. The number of carbonyl (C=O) groups excluding carboxylic acids is 2. The Morgan fingerprint density at radius 3 is 2.27 bits per heavy atom. The summed E-state index contributed by atoms with van der Waals surface area (Å²) in [6, 6.07) is 5.36. The van der Waals surface area contributed by atoms with Crippen LogP contribution in [0.4, 0.5) is 10.5 Å². The maximum atomic E-state index is 12.5. The van der Waals surface area contributed by atoms with Crippen molar-refractivity contribution < 1.29 is 19.1 Å². The van der Waals surface area contributed by atoms with Crippen molar-refractivity contribution in [2.45, 2.75) is 26.7 Å². The fourth-order valence-corrected chi connectivity index (χ4v) is 3.19. The zero-order valence-electron chi connectivity index (χ0n) is 16.1. The Bertz CT molecular complexity index is 623. The van der Waals surface area contributed by atoms with E-state index in [0.29, 0.717) is 56.2 Å². The van der Waals surface area contributed by atoms with Crippen molar-refractivity contribution in [3.05, 3.63) is 18.2 Å². The average Bonchev–Trinajstić information content (AvgIpc) is 2.68. The lowest BCUT2D eigenvalue weighted by atomic mass is 9.96. The number of amides is 3. The number of piperidine rings is 1. The lowest BCUT2D eigenvalue weighted by Crippen LogP contribution is -2.47. The number of rotatable bonds is 6. The van der Waals surface area contributed by atoms with E-state index in [2.05, 4.69) is 5.32 Å². The van der Waals surface area contributed by atoms with Gasteiger partial charge in [0.1, 0.15) is 0 Å². The van der Waals surface area contributed by atoms with Crippen LogP contribution in [-0.2, 0) is 4.79 Å². The molecule has 0 spiro atoms. The highest BCUT2D eigenvalue weighted by molar-refractivity contribution is 5.93. The molecule has 1 aromatic carbocycles. The van der Waals surface area contributed by atoms with Crippen LogP contribution in [0, 0.1) is 5.92 Å². The van der Waals surface area contributed by atoms with Gasteiger partial charge in [-0.2, -0.15) is 0 Å². The summed E-state index contributed by atoms with van der Waals surface area (Å²) in [6.07, 6.45) is 1.35. The molecule has 3 amide bonds. The normalized spacial score (nSPS) is 14.7. The Morgan fingerprint density at radius 2 is 1.73 bits per heavy atom. The van der Waals surface area contributed by atoms with Gasteiger partial charge in [0.05, 0.1) is 14.2 Å². The third-order valence-corrected chi connectivity index (χ3v) is 4.82. The van der Waals surface area contributed by atoms with Gasteiger partial charge < -0.3 is 24.6 Å². The van der Waals surface area contributed by atoms with Crippen molar-refractivity contribution in [3.63, 3.8) is 0 Å². The number of ether oxygens (including phenoxy) is 2. The first-order chi connectivity index (χ1) is 12.5. The van der Waals surface area contributed by atoms with Crippen molar-refractivity contribution in [1.29, 1.82) is 0 Å². The summed E-state index contributed by atoms with van der Waals surface area (Å²) in [7, 11) is 3.13. The van der Waals surface area contributed by atoms with Crippen LogP contribution < -0.4 is 14.8 Å². The molecule has 0 bridgehead atoms. The zero-order chi connectivity index (χ0) is 19.1. The van der Waals surface area contributed by atoms with Crippen LogP contribution in [0.15, 0.2) is 18.2 Å². The van der Waals surface area contributed by atoms with Gasteiger partial charge in [-0.25, -0.2) is 4.79 Å². The van der Waals surface area contributed by atoms with Crippen LogP contribution in [0.1, 0.15) is 26.7 Å². The Kier molecular flexibility index (Phi) is 7.12. The molecule has 1 saturated heterocycles. The fraction of sp³-hybridized carbons (Fsp3) is 0.579. The minimum atomic E-state index is -0.0937. The van der Waals surface area contributed by atoms with E-state index in [1.54, 1.807) is 32.4 Å². The van der Waals surface area contributed by atoms with E-state index in [0.717, 1.165) is 0 Å². The number of hydrogen-bond donors (Lipinski definition) is 1. The largest absolute Gasteiger partial charge is 0.493 e. The predicted molar refractivity (Wildman–Crippen MR) is 101 cm³/mol. The number of carbonyl (C=O) groups is 2. The summed E-state index contributed by atoms with van der Waals surface area (Å²) in [5.41, 5.74) is 0.675. The highest BCUT2D eigenvalue weighted by Crippen LogP contribution is 2.30. The van der Waals surface area contributed by atoms with E-state index in [4.69, 9.17) is 9.47 Å². The molecule has 1 aromatic rings. The first-order valence-electron chi connectivity index (χ1n) is 9.10. The van der Waals surface area contributed by atoms with E-state index in [-0.39, 0.29) is 17.9 Å². The summed E-state index contributed by atoms with van der Waals surface area (Å²) >= 11 is 0. The number of nitrogens with one attached hydrogen (secondary N) is 1. The highest BCUT2D eigenvalue weighted by Gasteiger charge is 2.29. The van der Waals surface area contributed by atoms with Gasteiger partial charge in [-0.05, 0) is 38.8 Å². The molecule has 1 aliphatic rings. The Balaban J connectivity index is 1.91. The standard InChI is InChI=1S/C19H29N3O4/c1-5-21(6-2)19(24)22-11-9-14(10-12-22)18(23)20-15-7-8-16(25-3)17(13-15)26-4/h7-8,13-14H,5-6,9-12H2,1-4H3,(H,20,23). The molecule has 1 aliphatic heterocycles. The molecule has 1 heterocycles. The molecule has 0 atom stereocenters. The van der Waals surface area contributed by atoms with Crippen molar-refractivity contribution in [2.24, 2.45) is 5.92 Å². The van der Waals surface area contributed by atoms with Crippen molar-refractivity contribution in [2.75, 3.05) is 45.7 Å². The minimum absolute atomic E-state index is 0.0211. The molecule has 144 valence electrons. The maximum absolute atomic E-state index is 12.5. The topological polar surface area (TPSA) is 71.1 Å². The second-order valence-corrected chi connectivity index (χ2v) is 6.28. The van der Waals surface area contributed by atoms with Crippen LogP contribution in [0.2, 0.25) is 0 Å². The van der Waals surface area contributed by atoms with E-state index in [9.17, 15) is 9.59 Å². The number of methoxy groups -OCH3 is 2. The summed E-state index contributed by atoms with van der Waals surface area (Å²) in [4.78, 5) is 28.6. The van der Waals surface area contributed by atoms with Gasteiger partial charge >= 0.3 is 6.03 Å². The van der Waals surface area contributed by atoms with Crippen molar-refractivity contribution >= 4 is 17.6 Å². The minimum Gasteiger partial charge on any atom is -0.493 e. The Hall–Kier alpha value is -2.44. The fourth-order valence-electron chi connectivity index (χ4n) is 3.19. The predicted octanol–water partition coefficient (Wildman–Crippen LogP) is 2.82. The van der Waals surface area contributed by atoms with Gasteiger partial charge in [0.15, 0.2) is 11.5 Å². The first kappa shape index (κ1) is 19.9. The third-order valence-electron chi connectivity index (χ3n) is 4.82. The van der Waals surface area contributed by atoms with Crippen LogP contribution in [0.5, 0.6) is 11.5 Å². The lowest BCUT2D eigenvalue weighted by Gasteiger charge is -2.34. The summed E-state index contributed by atoms with van der Waals surface area (Å²) in [5, 5.41) is 2.94. The SMILES string of the molecule is CCN(CC)C(=O)N1CCC(C(=O)Nc2ccc(OC)c(OC)c2)CC1. The molecular formula is C19H29N3O4. The second kappa shape index (κ2) is 9.31. The van der Waals surface area contributed by atoms with Gasteiger partial charge in [0.25, 0.3) is 0 Å². The van der Waals surface area contributed by atoms with Gasteiger partial charge in [-0.1, -0.05) is 0 Å². The van der Waals surface area contributed by atoms with Crippen molar-refractivity contribution in [1.82, 2.24) is 9.80 Å². The molecule has 1 N–H and O–H groups in total. The summed E-state index contributed by atoms with van der Waals surface area (Å²) < 4.78 is 10.5. The highest BCUT2D eigenvalue weighted by atomic mass is 16.5. The number of nitrogens with zero attached hydrogens (tertiary/aromatic N) is 2. The number of anilines is 1. The van der Waals surface area contributed by atoms with Crippen LogP contribution in [0.3, 0.4) is 0 Å².